The van der Waals surface area contributed by atoms with Gasteiger partial charge in [-0.05, 0) is 38.5 Å². The number of aliphatic hydroxyl groups excluding tert-OH is 1. The Morgan fingerprint density at radius 2 is 1.45 bits per heavy atom. The second-order valence-corrected chi connectivity index (χ2v) is 8.38. The summed E-state index contributed by atoms with van der Waals surface area (Å²) in [5, 5.41) is 20.6. The van der Waals surface area contributed by atoms with Crippen LogP contribution in [0.25, 0.3) is 0 Å². The molecule has 31 heavy (non-hydrogen) atoms. The number of rotatable bonds is 22. The first kappa shape index (κ1) is 32.9. The zero-order chi connectivity index (χ0) is 22.5. The quantitative estimate of drug-likeness (QED) is 0.113. The Bertz CT molecular complexity index is 481. The van der Waals surface area contributed by atoms with Gasteiger partial charge in [0.25, 0.3) is 0 Å². The Morgan fingerprint density at radius 1 is 0.935 bits per heavy atom. The van der Waals surface area contributed by atoms with E-state index in [1.54, 1.807) is 0 Å². The number of carboxylic acid groups (broad SMARTS) is 1. The van der Waals surface area contributed by atoms with Crippen molar-refractivity contribution in [2.24, 2.45) is 5.73 Å². The average molecular weight is 451 g/mol. The fourth-order valence-electron chi connectivity index (χ4n) is 3.52. The van der Waals surface area contributed by atoms with Crippen LogP contribution in [0.3, 0.4) is 0 Å². The molecule has 0 spiro atoms. The van der Waals surface area contributed by atoms with Gasteiger partial charge in [-0.3, -0.25) is 9.59 Å². The maximum absolute atomic E-state index is 12.4. The molecule has 0 rings (SSSR count). The van der Waals surface area contributed by atoms with E-state index in [2.05, 4.69) is 24.4 Å². The molecule has 0 aromatic carbocycles. The van der Waals surface area contributed by atoms with Crippen LogP contribution in [-0.4, -0.2) is 47.2 Å². The smallest absolute Gasteiger partial charge is 1.00 e. The maximum atomic E-state index is 12.4. The summed E-state index contributed by atoms with van der Waals surface area (Å²) in [6.07, 6.45) is 20.8. The van der Waals surface area contributed by atoms with Crippen molar-refractivity contribution >= 4 is 11.8 Å². The number of carbonyl (C=O) groups is 2. The number of ketones is 1. The van der Waals surface area contributed by atoms with Gasteiger partial charge in [0, 0.05) is 19.6 Å². The summed E-state index contributed by atoms with van der Waals surface area (Å²) < 4.78 is 0. The van der Waals surface area contributed by atoms with Crippen LogP contribution >= 0.6 is 0 Å². The summed E-state index contributed by atoms with van der Waals surface area (Å²) in [6, 6.07) is 0. The molecule has 0 aromatic heterocycles. The van der Waals surface area contributed by atoms with Crippen LogP contribution in [0, 0.1) is 0 Å². The van der Waals surface area contributed by atoms with Crippen LogP contribution < -0.4 is 40.6 Å². The first-order valence-corrected chi connectivity index (χ1v) is 12.0. The molecule has 0 radical (unpaired) electrons. The van der Waals surface area contributed by atoms with Gasteiger partial charge in [-0.15, -0.1) is 0 Å². The van der Waals surface area contributed by atoms with Crippen molar-refractivity contribution in [2.75, 3.05) is 19.7 Å². The largest absolute Gasteiger partial charge is 1.00 e. The molecule has 1 atom stereocenters. The molecule has 0 fully saturated rings. The number of allylic oxidation sites excluding steroid dienone is 2. The average Bonchev–Trinajstić information content (AvgIpc) is 2.70. The van der Waals surface area contributed by atoms with Gasteiger partial charge >= 0.3 is 35.5 Å². The van der Waals surface area contributed by atoms with Crippen molar-refractivity contribution in [3.63, 3.8) is 0 Å². The molecule has 0 bridgehead atoms. The number of carbonyl (C=O) groups excluding carboxylic acids is 1. The van der Waals surface area contributed by atoms with Crippen LogP contribution in [-0.2, 0) is 9.59 Å². The topological polar surface area (TPSA) is 113 Å². The van der Waals surface area contributed by atoms with E-state index in [1.807, 2.05) is 0 Å². The van der Waals surface area contributed by atoms with Crippen molar-refractivity contribution in [1.82, 2.24) is 5.32 Å². The Labute approximate surface area is 213 Å². The minimum absolute atomic E-state index is 0. The third-order valence-corrected chi connectivity index (χ3v) is 5.50. The van der Waals surface area contributed by atoms with E-state index in [0.29, 0.717) is 6.42 Å². The normalized spacial score (nSPS) is 13.1. The van der Waals surface area contributed by atoms with Gasteiger partial charge in [0.05, 0.1) is 12.1 Å². The molecule has 0 amide bonds. The first-order chi connectivity index (χ1) is 14.5. The first-order valence-electron chi connectivity index (χ1n) is 12.0. The predicted octanol–water partition coefficient (Wildman–Crippen LogP) is 1.46. The van der Waals surface area contributed by atoms with E-state index < -0.39 is 11.5 Å². The Morgan fingerprint density at radius 3 is 1.97 bits per heavy atom. The van der Waals surface area contributed by atoms with Crippen molar-refractivity contribution < 1.29 is 50.8 Å². The van der Waals surface area contributed by atoms with E-state index in [1.165, 1.54) is 57.8 Å². The maximum Gasteiger partial charge on any atom is 1.00 e. The number of aliphatic hydroxyl groups is 1. The molecular weight excluding hydrogens is 403 g/mol. The Hall–Kier alpha value is -0.240. The summed E-state index contributed by atoms with van der Waals surface area (Å²) in [5.74, 6) is -1.10. The number of unbranched alkanes of at least 4 members (excludes halogenated alkanes) is 11. The number of nitrogens with two attached hydrogens (primary N) is 1. The van der Waals surface area contributed by atoms with Crippen LogP contribution in [0.2, 0.25) is 0 Å². The minimum atomic E-state index is -1.19. The molecule has 0 saturated carbocycles. The molecule has 0 aliphatic heterocycles. The van der Waals surface area contributed by atoms with E-state index in [9.17, 15) is 14.7 Å². The second kappa shape index (κ2) is 22.9. The molecule has 1 unspecified atom stereocenters. The van der Waals surface area contributed by atoms with E-state index in [4.69, 9.17) is 10.8 Å². The van der Waals surface area contributed by atoms with Crippen molar-refractivity contribution in [3.05, 3.63) is 12.2 Å². The van der Waals surface area contributed by atoms with Crippen LogP contribution in [0.1, 0.15) is 105 Å². The molecule has 0 saturated heterocycles. The molecule has 0 aliphatic rings. The molecule has 0 heterocycles. The molecular formula is C24H47N2NaO4. The predicted molar refractivity (Wildman–Crippen MR) is 125 cm³/mol. The van der Waals surface area contributed by atoms with Crippen molar-refractivity contribution in [1.29, 1.82) is 0 Å². The fraction of sp³-hybridized carbons (Fsp3) is 0.833. The molecule has 0 aliphatic carbocycles. The summed E-state index contributed by atoms with van der Waals surface area (Å²) >= 11 is 0. The van der Waals surface area contributed by atoms with Gasteiger partial charge in [0.2, 0.25) is 0 Å². The van der Waals surface area contributed by atoms with Gasteiger partial charge in [0.15, 0.2) is 5.78 Å². The molecule has 7 heteroatoms. The van der Waals surface area contributed by atoms with Crippen molar-refractivity contribution in [3.8, 4) is 0 Å². The SMILES string of the molecule is CCCCCCCC/C=C\CCCCCCCC(=O)C(N)(CCO)CNCC(=O)O.[H-].[Na+]. The summed E-state index contributed by atoms with van der Waals surface area (Å²) in [5.41, 5.74) is 4.94. The monoisotopic (exact) mass is 450 g/mol. The number of hydrogen-bond acceptors (Lipinski definition) is 5. The van der Waals surface area contributed by atoms with E-state index in [-0.39, 0.29) is 62.9 Å². The number of aliphatic carboxylic acids is 1. The van der Waals surface area contributed by atoms with Gasteiger partial charge in [-0.1, -0.05) is 70.4 Å². The molecule has 178 valence electrons. The Balaban J connectivity index is -0.00000420. The third-order valence-electron chi connectivity index (χ3n) is 5.50. The van der Waals surface area contributed by atoms with Crippen LogP contribution in [0.4, 0.5) is 0 Å². The van der Waals surface area contributed by atoms with Gasteiger partial charge < -0.3 is 22.7 Å². The standard InChI is InChI=1S/C24H46N2O4.Na.H/c1-2-3-4-5-6-7-8-9-10-11-12-13-14-15-16-17-22(28)24(25,18-19-27)21-26-20-23(29)30;;/h9-10,26-27H,2-8,11-21,25H2,1H3,(H,29,30);;/q;+1;-1/b10-9-;;. The van der Waals surface area contributed by atoms with Gasteiger partial charge in [-0.25, -0.2) is 0 Å². The summed E-state index contributed by atoms with van der Waals surface area (Å²) in [4.78, 5) is 23.0. The number of carboxylic acids is 1. The minimum Gasteiger partial charge on any atom is -1.00 e. The molecule has 5 N–H and O–H groups in total. The Kier molecular flexibility index (Phi) is 24.4. The number of Topliss-reactive ketones (excluding diaryl/α,β-unsaturated/α-hetero) is 1. The zero-order valence-corrected chi connectivity index (χ0v) is 22.2. The van der Waals surface area contributed by atoms with Crippen molar-refractivity contribution in [2.45, 2.75) is 109 Å². The van der Waals surface area contributed by atoms with Crippen LogP contribution in [0.15, 0.2) is 12.2 Å². The number of hydrogen-bond donors (Lipinski definition) is 4. The van der Waals surface area contributed by atoms with Gasteiger partial charge in [-0.2, -0.15) is 0 Å². The molecule has 0 aromatic rings. The summed E-state index contributed by atoms with van der Waals surface area (Å²) in [7, 11) is 0. The van der Waals surface area contributed by atoms with E-state index >= 15 is 0 Å². The fourth-order valence-corrected chi connectivity index (χ4v) is 3.52. The second-order valence-electron chi connectivity index (χ2n) is 8.38. The van der Waals surface area contributed by atoms with Gasteiger partial charge in [0.1, 0.15) is 0 Å². The molecule has 6 nitrogen and oxygen atoms in total. The van der Waals surface area contributed by atoms with Crippen LogP contribution in [0.5, 0.6) is 0 Å². The third kappa shape index (κ3) is 20.1. The zero-order valence-electron chi connectivity index (χ0n) is 21.2. The number of nitrogens with one attached hydrogen (secondary N) is 1. The summed E-state index contributed by atoms with van der Waals surface area (Å²) in [6.45, 7) is 1.88. The van der Waals surface area contributed by atoms with E-state index in [0.717, 1.165) is 25.7 Å².